The van der Waals surface area contributed by atoms with E-state index in [0.29, 0.717) is 5.41 Å². The lowest BCUT2D eigenvalue weighted by atomic mass is 9.82. The summed E-state index contributed by atoms with van der Waals surface area (Å²) in [6.07, 6.45) is 2.57. The van der Waals surface area contributed by atoms with Crippen molar-refractivity contribution < 1.29 is 4.74 Å². The normalized spacial score (nSPS) is 18.7. The number of ether oxygens (including phenoxy) is 1. The first kappa shape index (κ1) is 14.0. The van der Waals surface area contributed by atoms with Crippen molar-refractivity contribution in [1.82, 2.24) is 0 Å². The van der Waals surface area contributed by atoms with E-state index in [-0.39, 0.29) is 6.10 Å². The van der Waals surface area contributed by atoms with E-state index in [9.17, 15) is 0 Å². The summed E-state index contributed by atoms with van der Waals surface area (Å²) in [4.78, 5) is 2.38. The zero-order valence-electron chi connectivity index (χ0n) is 12.6. The number of anilines is 2. The second-order valence-corrected chi connectivity index (χ2v) is 6.51. The molecule has 19 heavy (non-hydrogen) atoms. The number of hydrogen-bond acceptors (Lipinski definition) is 3. The van der Waals surface area contributed by atoms with E-state index in [4.69, 9.17) is 10.5 Å². The monoisotopic (exact) mass is 262 g/mol. The van der Waals surface area contributed by atoms with Crippen LogP contribution in [0.1, 0.15) is 40.5 Å². The Morgan fingerprint density at radius 3 is 2.42 bits per heavy atom. The molecule has 1 saturated heterocycles. The number of rotatable bonds is 3. The van der Waals surface area contributed by atoms with Crippen LogP contribution in [-0.4, -0.2) is 19.2 Å². The van der Waals surface area contributed by atoms with Crippen molar-refractivity contribution in [3.05, 3.63) is 18.2 Å². The molecule has 2 rings (SSSR count). The minimum atomic E-state index is 0.151. The average molecular weight is 262 g/mol. The standard InChI is InChI=1S/C16H26N2O/c1-12(2)19-14-7-5-6-13(15(14)17)18-10-8-16(3,4)9-11-18/h5-7,12H,8-11,17H2,1-4H3. The van der Waals surface area contributed by atoms with Crippen LogP contribution >= 0.6 is 0 Å². The molecule has 3 nitrogen and oxygen atoms in total. The minimum Gasteiger partial charge on any atom is -0.489 e. The number of hydrogen-bond donors (Lipinski definition) is 1. The maximum absolute atomic E-state index is 6.26. The Morgan fingerprint density at radius 2 is 1.84 bits per heavy atom. The van der Waals surface area contributed by atoms with Crippen molar-refractivity contribution in [2.24, 2.45) is 5.41 Å². The van der Waals surface area contributed by atoms with Gasteiger partial charge in [-0.15, -0.1) is 0 Å². The Balaban J connectivity index is 2.17. The zero-order chi connectivity index (χ0) is 14.0. The van der Waals surface area contributed by atoms with Crippen LogP contribution in [0.4, 0.5) is 11.4 Å². The SMILES string of the molecule is CC(C)Oc1cccc(N2CCC(C)(C)CC2)c1N. The molecule has 1 aliphatic rings. The van der Waals surface area contributed by atoms with Gasteiger partial charge in [-0.05, 0) is 44.2 Å². The van der Waals surface area contributed by atoms with Crippen LogP contribution in [0.25, 0.3) is 0 Å². The number of piperidine rings is 1. The van der Waals surface area contributed by atoms with Crippen LogP contribution in [0, 0.1) is 5.41 Å². The predicted molar refractivity (Wildman–Crippen MR) is 81.8 cm³/mol. The number of nitrogen functional groups attached to an aromatic ring is 1. The summed E-state index contributed by atoms with van der Waals surface area (Å²) in [6, 6.07) is 6.08. The number of benzene rings is 1. The molecule has 0 bridgehead atoms. The van der Waals surface area contributed by atoms with Gasteiger partial charge in [-0.3, -0.25) is 0 Å². The molecule has 1 aromatic carbocycles. The van der Waals surface area contributed by atoms with Crippen molar-refractivity contribution in [3.63, 3.8) is 0 Å². The molecule has 0 amide bonds. The second-order valence-electron chi connectivity index (χ2n) is 6.51. The van der Waals surface area contributed by atoms with Gasteiger partial charge in [0, 0.05) is 13.1 Å². The summed E-state index contributed by atoms with van der Waals surface area (Å²) >= 11 is 0. The Hall–Kier alpha value is -1.38. The molecule has 0 radical (unpaired) electrons. The van der Waals surface area contributed by atoms with Gasteiger partial charge in [0.1, 0.15) is 5.75 Å². The van der Waals surface area contributed by atoms with Gasteiger partial charge >= 0.3 is 0 Å². The summed E-state index contributed by atoms with van der Waals surface area (Å²) in [6.45, 7) is 10.9. The third-order valence-corrected chi connectivity index (χ3v) is 3.86. The first-order chi connectivity index (χ1) is 8.89. The summed E-state index contributed by atoms with van der Waals surface area (Å²) < 4.78 is 5.77. The molecule has 0 spiro atoms. The van der Waals surface area contributed by atoms with Gasteiger partial charge in [0.25, 0.3) is 0 Å². The quantitative estimate of drug-likeness (QED) is 0.844. The molecule has 0 unspecified atom stereocenters. The van der Waals surface area contributed by atoms with E-state index in [1.54, 1.807) is 0 Å². The highest BCUT2D eigenvalue weighted by atomic mass is 16.5. The summed E-state index contributed by atoms with van der Waals surface area (Å²) in [5, 5.41) is 0. The highest BCUT2D eigenvalue weighted by Gasteiger charge is 2.26. The number of para-hydroxylation sites is 1. The maximum Gasteiger partial charge on any atom is 0.144 e. The zero-order valence-corrected chi connectivity index (χ0v) is 12.6. The Labute approximate surface area is 116 Å². The fourth-order valence-electron chi connectivity index (χ4n) is 2.52. The molecule has 0 atom stereocenters. The summed E-state index contributed by atoms with van der Waals surface area (Å²) in [7, 11) is 0. The van der Waals surface area contributed by atoms with Crippen molar-refractivity contribution in [2.75, 3.05) is 23.7 Å². The number of nitrogens with zero attached hydrogens (tertiary/aromatic N) is 1. The molecule has 1 aliphatic heterocycles. The van der Waals surface area contributed by atoms with E-state index in [1.807, 2.05) is 26.0 Å². The van der Waals surface area contributed by atoms with Crippen LogP contribution < -0.4 is 15.4 Å². The first-order valence-corrected chi connectivity index (χ1v) is 7.19. The van der Waals surface area contributed by atoms with Crippen molar-refractivity contribution in [2.45, 2.75) is 46.6 Å². The minimum absolute atomic E-state index is 0.151. The topological polar surface area (TPSA) is 38.5 Å². The third-order valence-electron chi connectivity index (χ3n) is 3.86. The van der Waals surface area contributed by atoms with E-state index >= 15 is 0 Å². The molecule has 1 fully saturated rings. The van der Waals surface area contributed by atoms with E-state index in [1.165, 1.54) is 12.8 Å². The van der Waals surface area contributed by atoms with Gasteiger partial charge in [0.05, 0.1) is 17.5 Å². The molecule has 2 N–H and O–H groups in total. The third kappa shape index (κ3) is 3.34. The molecule has 1 aromatic rings. The lowest BCUT2D eigenvalue weighted by Gasteiger charge is -2.38. The molecule has 0 saturated carbocycles. The van der Waals surface area contributed by atoms with E-state index in [2.05, 4.69) is 24.8 Å². The molecular weight excluding hydrogens is 236 g/mol. The lowest BCUT2D eigenvalue weighted by Crippen LogP contribution is -2.37. The lowest BCUT2D eigenvalue weighted by molar-refractivity contribution is 0.243. The van der Waals surface area contributed by atoms with Gasteiger partial charge < -0.3 is 15.4 Å². The molecule has 3 heteroatoms. The Kier molecular flexibility index (Phi) is 3.93. The van der Waals surface area contributed by atoms with Crippen LogP contribution in [0.3, 0.4) is 0 Å². The molecule has 106 valence electrons. The van der Waals surface area contributed by atoms with E-state index in [0.717, 1.165) is 30.2 Å². The predicted octanol–water partition coefficient (Wildman–Crippen LogP) is 3.68. The Morgan fingerprint density at radius 1 is 1.21 bits per heavy atom. The second kappa shape index (κ2) is 5.32. The van der Waals surface area contributed by atoms with Crippen LogP contribution in [-0.2, 0) is 0 Å². The van der Waals surface area contributed by atoms with Gasteiger partial charge in [0.15, 0.2) is 0 Å². The van der Waals surface area contributed by atoms with Crippen LogP contribution in [0.5, 0.6) is 5.75 Å². The fourth-order valence-corrected chi connectivity index (χ4v) is 2.52. The summed E-state index contributed by atoms with van der Waals surface area (Å²) in [5.41, 5.74) is 8.61. The van der Waals surface area contributed by atoms with Gasteiger partial charge in [-0.25, -0.2) is 0 Å². The largest absolute Gasteiger partial charge is 0.489 e. The molecule has 0 aliphatic carbocycles. The molecular formula is C16H26N2O. The number of nitrogens with two attached hydrogens (primary N) is 1. The maximum atomic E-state index is 6.26. The van der Waals surface area contributed by atoms with Crippen molar-refractivity contribution in [1.29, 1.82) is 0 Å². The molecule has 1 heterocycles. The van der Waals surface area contributed by atoms with Gasteiger partial charge in [0.2, 0.25) is 0 Å². The van der Waals surface area contributed by atoms with Crippen LogP contribution in [0.15, 0.2) is 18.2 Å². The highest BCUT2D eigenvalue weighted by molar-refractivity contribution is 5.74. The Bertz CT molecular complexity index is 430. The van der Waals surface area contributed by atoms with Crippen molar-refractivity contribution >= 4 is 11.4 Å². The fraction of sp³-hybridized carbons (Fsp3) is 0.625. The smallest absolute Gasteiger partial charge is 0.144 e. The average Bonchev–Trinajstić information content (AvgIpc) is 2.32. The summed E-state index contributed by atoms with van der Waals surface area (Å²) in [5.74, 6) is 0.803. The van der Waals surface area contributed by atoms with E-state index < -0.39 is 0 Å². The van der Waals surface area contributed by atoms with Crippen LogP contribution in [0.2, 0.25) is 0 Å². The van der Waals surface area contributed by atoms with Gasteiger partial charge in [-0.1, -0.05) is 19.9 Å². The first-order valence-electron chi connectivity index (χ1n) is 7.19. The molecule has 0 aromatic heterocycles. The highest BCUT2D eigenvalue weighted by Crippen LogP contribution is 2.37. The van der Waals surface area contributed by atoms with Gasteiger partial charge in [-0.2, -0.15) is 0 Å². The van der Waals surface area contributed by atoms with Crippen molar-refractivity contribution in [3.8, 4) is 5.75 Å².